The molecular weight excluding hydrogens is 264 g/mol. The third kappa shape index (κ3) is 2.15. The number of hydrogen-bond acceptors (Lipinski definition) is 2. The third-order valence-electron chi connectivity index (χ3n) is 3.39. The van der Waals surface area contributed by atoms with Crippen molar-refractivity contribution in [1.82, 2.24) is 0 Å². The molecule has 1 atom stereocenters. The minimum absolute atomic E-state index is 0.0523. The van der Waals surface area contributed by atoms with Crippen molar-refractivity contribution < 1.29 is 4.74 Å². The number of alkyl halides is 1. The molecule has 94 valence electrons. The highest BCUT2D eigenvalue weighted by Gasteiger charge is 2.17. The molecule has 2 aromatic rings. The summed E-state index contributed by atoms with van der Waals surface area (Å²) >= 11 is 8.30. The van der Waals surface area contributed by atoms with E-state index in [9.17, 15) is 0 Å². The predicted molar refractivity (Wildman–Crippen MR) is 77.0 cm³/mol. The molecule has 1 aromatic carbocycles. The lowest BCUT2D eigenvalue weighted by Gasteiger charge is -2.19. The number of aryl methyl sites for hydroxylation is 2. The molecule has 0 bridgehead atoms. The van der Waals surface area contributed by atoms with Gasteiger partial charge < -0.3 is 4.74 Å². The van der Waals surface area contributed by atoms with Crippen molar-refractivity contribution in [1.29, 1.82) is 0 Å². The second-order valence-electron chi connectivity index (χ2n) is 4.69. The second kappa shape index (κ2) is 4.94. The van der Waals surface area contributed by atoms with Gasteiger partial charge in [-0.1, -0.05) is 12.1 Å². The van der Waals surface area contributed by atoms with Crippen molar-refractivity contribution in [3.05, 3.63) is 51.2 Å². The summed E-state index contributed by atoms with van der Waals surface area (Å²) in [4.78, 5) is 0. The van der Waals surface area contributed by atoms with E-state index in [4.69, 9.17) is 16.3 Å². The van der Waals surface area contributed by atoms with Gasteiger partial charge in [0, 0.05) is 0 Å². The molecule has 1 unspecified atom stereocenters. The molecule has 0 spiro atoms. The van der Waals surface area contributed by atoms with Crippen LogP contribution in [-0.4, -0.2) is 6.61 Å². The van der Waals surface area contributed by atoms with Crippen molar-refractivity contribution in [3.63, 3.8) is 0 Å². The second-order valence-corrected chi connectivity index (χ2v) is 5.87. The maximum Gasteiger partial charge on any atom is 0.122 e. The van der Waals surface area contributed by atoms with E-state index in [-0.39, 0.29) is 5.38 Å². The molecule has 0 saturated heterocycles. The molecule has 1 aliphatic rings. The van der Waals surface area contributed by atoms with Crippen molar-refractivity contribution in [2.24, 2.45) is 0 Å². The zero-order valence-corrected chi connectivity index (χ0v) is 11.9. The van der Waals surface area contributed by atoms with E-state index in [1.807, 2.05) is 0 Å². The minimum atomic E-state index is -0.0523. The minimum Gasteiger partial charge on any atom is -0.493 e. The summed E-state index contributed by atoms with van der Waals surface area (Å²) in [5, 5.41) is 4.23. The number of fused-ring (bicyclic) bond motifs is 1. The maximum absolute atomic E-state index is 6.59. The van der Waals surface area contributed by atoms with E-state index < -0.39 is 0 Å². The zero-order valence-electron chi connectivity index (χ0n) is 10.3. The summed E-state index contributed by atoms with van der Waals surface area (Å²) in [6, 6.07) is 6.34. The largest absolute Gasteiger partial charge is 0.493 e. The van der Waals surface area contributed by atoms with Crippen LogP contribution in [-0.2, 0) is 6.42 Å². The van der Waals surface area contributed by atoms with Gasteiger partial charge in [-0.2, -0.15) is 11.3 Å². The van der Waals surface area contributed by atoms with Crippen LogP contribution < -0.4 is 4.74 Å². The summed E-state index contributed by atoms with van der Waals surface area (Å²) in [6.45, 7) is 2.95. The average molecular weight is 279 g/mol. The van der Waals surface area contributed by atoms with Gasteiger partial charge in [-0.05, 0) is 58.8 Å². The fourth-order valence-corrected chi connectivity index (χ4v) is 3.67. The zero-order chi connectivity index (χ0) is 12.5. The lowest BCUT2D eigenvalue weighted by molar-refractivity contribution is 0.288. The Hall–Kier alpha value is -0.990. The van der Waals surface area contributed by atoms with Crippen LogP contribution in [0.2, 0.25) is 0 Å². The molecule has 0 amide bonds. The Bertz CT molecular complexity index is 561. The highest BCUT2D eigenvalue weighted by molar-refractivity contribution is 7.08. The van der Waals surface area contributed by atoms with Gasteiger partial charge in [-0.15, -0.1) is 11.6 Å². The molecule has 1 aromatic heterocycles. The molecular formula is C15H15ClOS. The topological polar surface area (TPSA) is 9.23 Å². The molecule has 1 aliphatic heterocycles. The molecule has 0 fully saturated rings. The molecule has 18 heavy (non-hydrogen) atoms. The Morgan fingerprint density at radius 3 is 3.00 bits per heavy atom. The standard InChI is InChI=1S/C15H15ClOS/c1-10-8-18-9-13(10)15(16)12-4-5-14-11(7-12)3-2-6-17-14/h4-5,7-9,15H,2-3,6H2,1H3. The van der Waals surface area contributed by atoms with E-state index >= 15 is 0 Å². The first kappa shape index (κ1) is 12.1. The Labute approximate surface area is 116 Å². The molecule has 3 rings (SSSR count). The quantitative estimate of drug-likeness (QED) is 0.723. The van der Waals surface area contributed by atoms with E-state index in [1.165, 1.54) is 22.3 Å². The Morgan fingerprint density at radius 2 is 2.22 bits per heavy atom. The molecule has 3 heteroatoms. The Kier molecular flexibility index (Phi) is 3.31. The first-order chi connectivity index (χ1) is 8.75. The number of halogens is 1. The average Bonchev–Trinajstić information content (AvgIpc) is 2.83. The molecule has 0 aliphatic carbocycles. The Balaban J connectivity index is 1.95. The Morgan fingerprint density at radius 1 is 1.33 bits per heavy atom. The van der Waals surface area contributed by atoms with Gasteiger partial charge in [0.05, 0.1) is 12.0 Å². The third-order valence-corrected chi connectivity index (χ3v) is 4.76. The smallest absolute Gasteiger partial charge is 0.122 e. The number of ether oxygens (including phenoxy) is 1. The lowest BCUT2D eigenvalue weighted by atomic mass is 9.98. The van der Waals surface area contributed by atoms with Crippen molar-refractivity contribution in [2.75, 3.05) is 6.61 Å². The van der Waals surface area contributed by atoms with Crippen molar-refractivity contribution in [3.8, 4) is 5.75 Å². The summed E-state index contributed by atoms with van der Waals surface area (Å²) in [5.74, 6) is 1.02. The highest BCUT2D eigenvalue weighted by Crippen LogP contribution is 2.36. The maximum atomic E-state index is 6.59. The first-order valence-electron chi connectivity index (χ1n) is 6.18. The normalized spacial score (nSPS) is 15.9. The molecule has 0 radical (unpaired) electrons. The molecule has 0 saturated carbocycles. The molecule has 1 nitrogen and oxygen atoms in total. The monoisotopic (exact) mass is 278 g/mol. The van der Waals surface area contributed by atoms with Gasteiger partial charge >= 0.3 is 0 Å². The summed E-state index contributed by atoms with van der Waals surface area (Å²) < 4.78 is 5.63. The van der Waals surface area contributed by atoms with E-state index in [0.29, 0.717) is 0 Å². The molecule has 2 heterocycles. The summed E-state index contributed by atoms with van der Waals surface area (Å²) in [7, 11) is 0. The van der Waals surface area contributed by atoms with E-state index in [2.05, 4.69) is 35.9 Å². The number of rotatable bonds is 2. The number of benzene rings is 1. The van der Waals surface area contributed by atoms with Gasteiger partial charge in [0.15, 0.2) is 0 Å². The number of thiophene rings is 1. The van der Waals surface area contributed by atoms with E-state index in [1.54, 1.807) is 11.3 Å². The number of hydrogen-bond donors (Lipinski definition) is 0. The van der Waals surface area contributed by atoms with Crippen LogP contribution in [0.5, 0.6) is 5.75 Å². The van der Waals surface area contributed by atoms with Crippen LogP contribution in [0.3, 0.4) is 0 Å². The van der Waals surface area contributed by atoms with Gasteiger partial charge in [0.1, 0.15) is 5.75 Å². The van der Waals surface area contributed by atoms with Crippen molar-refractivity contribution >= 4 is 22.9 Å². The highest BCUT2D eigenvalue weighted by atomic mass is 35.5. The van der Waals surface area contributed by atoms with Crippen LogP contribution in [0.1, 0.15) is 34.1 Å². The van der Waals surface area contributed by atoms with Crippen LogP contribution in [0.25, 0.3) is 0 Å². The van der Waals surface area contributed by atoms with Crippen LogP contribution >= 0.6 is 22.9 Å². The van der Waals surface area contributed by atoms with E-state index in [0.717, 1.165) is 25.2 Å². The van der Waals surface area contributed by atoms with Gasteiger partial charge in [0.2, 0.25) is 0 Å². The fourth-order valence-electron chi connectivity index (χ4n) is 2.35. The first-order valence-corrected chi connectivity index (χ1v) is 7.56. The van der Waals surface area contributed by atoms with Gasteiger partial charge in [0.25, 0.3) is 0 Å². The van der Waals surface area contributed by atoms with Crippen LogP contribution in [0.4, 0.5) is 0 Å². The van der Waals surface area contributed by atoms with Crippen molar-refractivity contribution in [2.45, 2.75) is 25.1 Å². The van der Waals surface area contributed by atoms with Crippen LogP contribution in [0.15, 0.2) is 29.0 Å². The summed E-state index contributed by atoms with van der Waals surface area (Å²) in [6.07, 6.45) is 2.19. The summed E-state index contributed by atoms with van der Waals surface area (Å²) in [5.41, 5.74) is 4.95. The van der Waals surface area contributed by atoms with Crippen LogP contribution in [0, 0.1) is 6.92 Å². The SMILES string of the molecule is Cc1cscc1C(Cl)c1ccc2c(c1)CCCO2. The molecule has 0 N–H and O–H groups in total. The fraction of sp³-hybridized carbons (Fsp3) is 0.333. The lowest BCUT2D eigenvalue weighted by Crippen LogP contribution is -2.09. The van der Waals surface area contributed by atoms with Gasteiger partial charge in [-0.3, -0.25) is 0 Å². The van der Waals surface area contributed by atoms with Gasteiger partial charge in [-0.25, -0.2) is 0 Å². The predicted octanol–water partition coefficient (Wildman–Crippen LogP) is 4.71.